The lowest BCUT2D eigenvalue weighted by molar-refractivity contribution is -0.121. The van der Waals surface area contributed by atoms with Crippen molar-refractivity contribution >= 4 is 16.8 Å². The molecule has 0 unspecified atom stereocenters. The van der Waals surface area contributed by atoms with Crippen LogP contribution in [-0.4, -0.2) is 22.2 Å². The second-order valence-electron chi connectivity index (χ2n) is 6.98. The molecule has 1 amide bonds. The van der Waals surface area contributed by atoms with Crippen molar-refractivity contribution in [2.45, 2.75) is 19.6 Å². The second kappa shape index (κ2) is 8.74. The number of methoxy groups -OCH3 is 1. The maximum absolute atomic E-state index is 13.1. The van der Waals surface area contributed by atoms with E-state index in [1.807, 2.05) is 24.3 Å². The highest BCUT2D eigenvalue weighted by Gasteiger charge is 2.16. The highest BCUT2D eigenvalue weighted by atomic mass is 16.5. The first-order chi connectivity index (χ1) is 15.1. The predicted molar refractivity (Wildman–Crippen MR) is 115 cm³/mol. The number of para-hydroxylation sites is 1. The molecule has 0 saturated heterocycles. The quantitative estimate of drug-likeness (QED) is 0.495. The molecular formula is C23H21N3O5. The summed E-state index contributed by atoms with van der Waals surface area (Å²) in [4.78, 5) is 38.6. The summed E-state index contributed by atoms with van der Waals surface area (Å²) in [5.74, 6) is 0.864. The molecule has 0 aliphatic heterocycles. The lowest BCUT2D eigenvalue weighted by atomic mass is 10.2. The number of hydrogen-bond donors (Lipinski definition) is 1. The molecule has 8 heteroatoms. The molecular weight excluding hydrogens is 398 g/mol. The minimum Gasteiger partial charge on any atom is -0.497 e. The number of benzene rings is 2. The van der Waals surface area contributed by atoms with Crippen LogP contribution in [0.3, 0.4) is 0 Å². The number of nitrogens with one attached hydrogen (secondary N) is 1. The number of nitrogens with zero attached hydrogens (tertiary/aromatic N) is 2. The molecule has 4 aromatic rings. The molecule has 0 atom stereocenters. The van der Waals surface area contributed by atoms with Crippen LogP contribution in [0.1, 0.15) is 11.3 Å². The van der Waals surface area contributed by atoms with Gasteiger partial charge in [-0.1, -0.05) is 24.3 Å². The number of carbonyl (C=O) groups is 1. The van der Waals surface area contributed by atoms with Gasteiger partial charge in [-0.2, -0.15) is 0 Å². The van der Waals surface area contributed by atoms with E-state index in [1.165, 1.54) is 10.8 Å². The van der Waals surface area contributed by atoms with E-state index in [1.54, 1.807) is 43.5 Å². The highest BCUT2D eigenvalue weighted by Crippen LogP contribution is 2.11. The largest absolute Gasteiger partial charge is 0.497 e. The SMILES string of the molecule is COc1ccc(CNC(=O)Cn2c(=O)n(Cc3ccco3)c(=O)c3ccccc32)cc1. The van der Waals surface area contributed by atoms with Crippen LogP contribution in [0.15, 0.2) is 80.9 Å². The number of rotatable bonds is 7. The Hall–Kier alpha value is -4.07. The summed E-state index contributed by atoms with van der Waals surface area (Å²) in [6, 6.07) is 17.4. The van der Waals surface area contributed by atoms with Gasteiger partial charge in [-0.15, -0.1) is 0 Å². The first-order valence-corrected chi connectivity index (χ1v) is 9.71. The molecule has 0 fully saturated rings. The number of furan rings is 1. The summed E-state index contributed by atoms with van der Waals surface area (Å²) in [5.41, 5.74) is 0.313. The van der Waals surface area contributed by atoms with E-state index < -0.39 is 11.2 Å². The Bertz CT molecular complexity index is 1320. The van der Waals surface area contributed by atoms with Gasteiger partial charge in [0, 0.05) is 6.54 Å². The van der Waals surface area contributed by atoms with Crippen molar-refractivity contribution in [1.82, 2.24) is 14.5 Å². The molecule has 2 heterocycles. The Labute approximate surface area is 177 Å². The second-order valence-corrected chi connectivity index (χ2v) is 6.98. The van der Waals surface area contributed by atoms with Gasteiger partial charge in [-0.25, -0.2) is 4.79 Å². The Morgan fingerprint density at radius 1 is 1.00 bits per heavy atom. The molecule has 2 aromatic heterocycles. The highest BCUT2D eigenvalue weighted by molar-refractivity contribution is 5.81. The van der Waals surface area contributed by atoms with Crippen molar-refractivity contribution in [2.75, 3.05) is 7.11 Å². The lowest BCUT2D eigenvalue weighted by Crippen LogP contribution is -2.42. The monoisotopic (exact) mass is 419 g/mol. The molecule has 0 aliphatic rings. The molecule has 0 aliphatic carbocycles. The van der Waals surface area contributed by atoms with Crippen LogP contribution in [0.2, 0.25) is 0 Å². The van der Waals surface area contributed by atoms with Gasteiger partial charge in [0.15, 0.2) is 0 Å². The molecule has 158 valence electrons. The standard InChI is InChI=1S/C23H21N3O5/c1-30-17-10-8-16(9-11-17)13-24-21(27)15-25-20-7-3-2-6-19(20)22(28)26(23(25)29)14-18-5-4-12-31-18/h2-12H,13-15H2,1H3,(H,24,27). The molecule has 2 aromatic carbocycles. The molecule has 0 spiro atoms. The number of fused-ring (bicyclic) bond motifs is 1. The third-order valence-electron chi connectivity index (χ3n) is 4.98. The van der Waals surface area contributed by atoms with Crippen molar-refractivity contribution in [1.29, 1.82) is 0 Å². The van der Waals surface area contributed by atoms with E-state index in [9.17, 15) is 14.4 Å². The molecule has 0 radical (unpaired) electrons. The van der Waals surface area contributed by atoms with Crippen LogP contribution in [-0.2, 0) is 24.4 Å². The maximum atomic E-state index is 13.1. The fourth-order valence-electron chi connectivity index (χ4n) is 3.37. The number of aromatic nitrogens is 2. The molecule has 0 saturated carbocycles. The van der Waals surface area contributed by atoms with Crippen molar-refractivity contribution in [3.8, 4) is 5.75 Å². The van der Waals surface area contributed by atoms with Gasteiger partial charge >= 0.3 is 5.69 Å². The number of ether oxygens (including phenoxy) is 1. The van der Waals surface area contributed by atoms with Crippen LogP contribution in [0, 0.1) is 0 Å². The smallest absolute Gasteiger partial charge is 0.332 e. The lowest BCUT2D eigenvalue weighted by Gasteiger charge is -2.14. The summed E-state index contributed by atoms with van der Waals surface area (Å²) in [6.45, 7) is 0.0818. The first kappa shape index (κ1) is 20.2. The summed E-state index contributed by atoms with van der Waals surface area (Å²) in [6.07, 6.45) is 1.48. The average Bonchev–Trinajstić information content (AvgIpc) is 3.32. The molecule has 1 N–H and O–H groups in total. The third-order valence-corrected chi connectivity index (χ3v) is 4.98. The normalized spacial score (nSPS) is 10.9. The van der Waals surface area contributed by atoms with Crippen LogP contribution in [0.4, 0.5) is 0 Å². The van der Waals surface area contributed by atoms with E-state index in [0.29, 0.717) is 23.2 Å². The fourth-order valence-corrected chi connectivity index (χ4v) is 3.37. The number of carbonyl (C=O) groups excluding carboxylic acids is 1. The Kier molecular flexibility index (Phi) is 5.70. The number of hydrogen-bond acceptors (Lipinski definition) is 5. The zero-order valence-electron chi connectivity index (χ0n) is 16.9. The van der Waals surface area contributed by atoms with Crippen LogP contribution < -0.4 is 21.3 Å². The Balaban J connectivity index is 1.62. The van der Waals surface area contributed by atoms with E-state index in [-0.39, 0.29) is 19.0 Å². The molecule has 31 heavy (non-hydrogen) atoms. The maximum Gasteiger partial charge on any atom is 0.332 e. The van der Waals surface area contributed by atoms with Gasteiger partial charge in [0.25, 0.3) is 5.56 Å². The van der Waals surface area contributed by atoms with Crippen molar-refractivity contribution in [3.63, 3.8) is 0 Å². The van der Waals surface area contributed by atoms with Crippen molar-refractivity contribution < 1.29 is 13.9 Å². The van der Waals surface area contributed by atoms with Gasteiger partial charge in [-0.3, -0.25) is 18.7 Å². The van der Waals surface area contributed by atoms with Crippen LogP contribution in [0.5, 0.6) is 5.75 Å². The van der Waals surface area contributed by atoms with Crippen molar-refractivity contribution in [3.05, 3.63) is 99.1 Å². The van der Waals surface area contributed by atoms with Gasteiger partial charge in [0.1, 0.15) is 18.1 Å². The first-order valence-electron chi connectivity index (χ1n) is 9.71. The van der Waals surface area contributed by atoms with E-state index in [4.69, 9.17) is 9.15 Å². The molecule has 4 rings (SSSR count). The zero-order chi connectivity index (χ0) is 21.8. The average molecular weight is 419 g/mol. The molecule has 0 bridgehead atoms. The van der Waals surface area contributed by atoms with E-state index in [0.717, 1.165) is 15.9 Å². The third kappa shape index (κ3) is 4.28. The minimum absolute atomic E-state index is 0.0109. The zero-order valence-corrected chi connectivity index (χ0v) is 16.9. The van der Waals surface area contributed by atoms with Crippen LogP contribution >= 0.6 is 0 Å². The Morgan fingerprint density at radius 2 is 1.77 bits per heavy atom. The summed E-state index contributed by atoms with van der Waals surface area (Å²) < 4.78 is 12.8. The number of amides is 1. The van der Waals surface area contributed by atoms with Gasteiger partial charge in [-0.05, 0) is 42.0 Å². The van der Waals surface area contributed by atoms with Gasteiger partial charge in [0.05, 0.1) is 30.8 Å². The summed E-state index contributed by atoms with van der Waals surface area (Å²) >= 11 is 0. The summed E-state index contributed by atoms with van der Waals surface area (Å²) in [7, 11) is 1.59. The van der Waals surface area contributed by atoms with E-state index in [2.05, 4.69) is 5.32 Å². The minimum atomic E-state index is -0.570. The van der Waals surface area contributed by atoms with Gasteiger partial charge < -0.3 is 14.5 Å². The van der Waals surface area contributed by atoms with E-state index >= 15 is 0 Å². The Morgan fingerprint density at radius 3 is 2.48 bits per heavy atom. The fraction of sp³-hybridized carbons (Fsp3) is 0.174. The summed E-state index contributed by atoms with van der Waals surface area (Å²) in [5, 5.41) is 3.17. The van der Waals surface area contributed by atoms with Crippen molar-refractivity contribution in [2.24, 2.45) is 0 Å². The predicted octanol–water partition coefficient (Wildman–Crippen LogP) is 2.13. The molecule has 8 nitrogen and oxygen atoms in total. The topological polar surface area (TPSA) is 95.5 Å². The van der Waals surface area contributed by atoms with Crippen LogP contribution in [0.25, 0.3) is 10.9 Å². The van der Waals surface area contributed by atoms with Gasteiger partial charge in [0.2, 0.25) is 5.91 Å².